The summed E-state index contributed by atoms with van der Waals surface area (Å²) in [6.07, 6.45) is 2.15. The van der Waals surface area contributed by atoms with Gasteiger partial charge < -0.3 is 10.1 Å². The maximum absolute atomic E-state index is 5.67. The second kappa shape index (κ2) is 10.9. The molecule has 0 atom stereocenters. The van der Waals surface area contributed by atoms with Crippen LogP contribution < -0.4 is 10.1 Å². The van der Waals surface area contributed by atoms with Gasteiger partial charge in [-0.15, -0.1) is 12.4 Å². The molecule has 1 N–H and O–H groups in total. The first-order valence-electron chi connectivity index (χ1n) is 6.31. The molecule has 0 bridgehead atoms. The third-order valence-electron chi connectivity index (χ3n) is 2.22. The van der Waals surface area contributed by atoms with Gasteiger partial charge >= 0.3 is 0 Å². The zero-order valence-corrected chi connectivity index (χ0v) is 12.0. The molecule has 0 fully saturated rings. The van der Waals surface area contributed by atoms with Gasteiger partial charge in [-0.25, -0.2) is 0 Å². The van der Waals surface area contributed by atoms with Crippen molar-refractivity contribution in [3.63, 3.8) is 0 Å². The molecule has 0 spiro atoms. The van der Waals surface area contributed by atoms with E-state index in [-0.39, 0.29) is 12.4 Å². The highest BCUT2D eigenvalue weighted by molar-refractivity contribution is 5.85. The number of halogens is 1. The number of hydrogen-bond donors (Lipinski definition) is 1. The molecule has 1 aromatic rings. The third-order valence-corrected chi connectivity index (χ3v) is 2.22. The van der Waals surface area contributed by atoms with Crippen LogP contribution in [0.2, 0.25) is 0 Å². The van der Waals surface area contributed by atoms with E-state index in [1.807, 2.05) is 30.3 Å². The summed E-state index contributed by atoms with van der Waals surface area (Å²) in [6.45, 7) is 6.58. The Morgan fingerprint density at radius 2 is 1.89 bits per heavy atom. The van der Waals surface area contributed by atoms with E-state index in [0.29, 0.717) is 6.61 Å². The molecule has 4 heteroatoms. The van der Waals surface area contributed by atoms with Crippen molar-refractivity contribution in [3.05, 3.63) is 30.3 Å². The Morgan fingerprint density at radius 1 is 1.17 bits per heavy atom. The fraction of sp³-hybridized carbons (Fsp3) is 0.500. The summed E-state index contributed by atoms with van der Waals surface area (Å²) in [5, 5.41) is 3.30. The Labute approximate surface area is 116 Å². The van der Waals surface area contributed by atoms with Crippen LogP contribution in [-0.2, 0) is 0 Å². The molecule has 0 aliphatic rings. The zero-order chi connectivity index (χ0) is 12.3. The van der Waals surface area contributed by atoms with Gasteiger partial charge in [0.25, 0.3) is 0 Å². The Bertz CT molecular complexity index is 328. The number of ether oxygens (including phenoxy) is 1. The standard InChI is InChI=1S/C14H22N2O.ClH/c1-3-10-15-14(16-11-4-2)12-17-13-8-6-5-7-9-13;/h5-9H,3-4,10-12H2,1-2H3,(H,15,16);1H. The van der Waals surface area contributed by atoms with Crippen molar-refractivity contribution in [2.24, 2.45) is 4.99 Å². The minimum absolute atomic E-state index is 0. The molecule has 0 radical (unpaired) electrons. The molecule has 18 heavy (non-hydrogen) atoms. The average molecular weight is 271 g/mol. The first-order valence-corrected chi connectivity index (χ1v) is 6.31. The normalized spacial score (nSPS) is 10.7. The molecule has 0 aliphatic carbocycles. The summed E-state index contributed by atoms with van der Waals surface area (Å²) in [4.78, 5) is 4.48. The molecular formula is C14H23ClN2O. The number of aliphatic imine (C=N–C) groups is 1. The van der Waals surface area contributed by atoms with Gasteiger partial charge in [0.2, 0.25) is 0 Å². The first-order chi connectivity index (χ1) is 8.36. The highest BCUT2D eigenvalue weighted by atomic mass is 35.5. The number of nitrogens with zero attached hydrogens (tertiary/aromatic N) is 1. The summed E-state index contributed by atoms with van der Waals surface area (Å²) >= 11 is 0. The van der Waals surface area contributed by atoms with Crippen LogP contribution in [-0.4, -0.2) is 25.5 Å². The van der Waals surface area contributed by atoms with E-state index in [1.54, 1.807) is 0 Å². The lowest BCUT2D eigenvalue weighted by atomic mass is 10.3. The second-order valence-electron chi connectivity index (χ2n) is 3.86. The smallest absolute Gasteiger partial charge is 0.145 e. The molecule has 0 amide bonds. The van der Waals surface area contributed by atoms with Crippen LogP contribution in [0.25, 0.3) is 0 Å². The Morgan fingerprint density at radius 3 is 2.50 bits per heavy atom. The molecule has 0 aromatic heterocycles. The SMILES string of the molecule is CCCN=C(COc1ccccc1)NCCC.Cl. The fourth-order valence-corrected chi connectivity index (χ4v) is 1.34. The molecule has 0 saturated heterocycles. The van der Waals surface area contributed by atoms with Crippen LogP contribution in [0.15, 0.2) is 35.3 Å². The van der Waals surface area contributed by atoms with E-state index in [1.165, 1.54) is 0 Å². The van der Waals surface area contributed by atoms with Crippen molar-refractivity contribution in [2.45, 2.75) is 26.7 Å². The molecule has 0 aliphatic heterocycles. The predicted octanol–water partition coefficient (Wildman–Crippen LogP) is 3.30. The first kappa shape index (κ1) is 16.8. The molecule has 1 rings (SSSR count). The zero-order valence-electron chi connectivity index (χ0n) is 11.2. The van der Waals surface area contributed by atoms with Gasteiger partial charge in [0.15, 0.2) is 0 Å². The van der Waals surface area contributed by atoms with Gasteiger partial charge in [0.05, 0.1) is 0 Å². The number of nitrogens with one attached hydrogen (secondary N) is 1. The van der Waals surface area contributed by atoms with Crippen molar-refractivity contribution >= 4 is 18.2 Å². The van der Waals surface area contributed by atoms with E-state index < -0.39 is 0 Å². The average Bonchev–Trinajstić information content (AvgIpc) is 2.39. The summed E-state index contributed by atoms with van der Waals surface area (Å²) in [7, 11) is 0. The van der Waals surface area contributed by atoms with E-state index in [9.17, 15) is 0 Å². The van der Waals surface area contributed by atoms with Gasteiger partial charge in [-0.1, -0.05) is 32.0 Å². The predicted molar refractivity (Wildman–Crippen MR) is 80.1 cm³/mol. The maximum Gasteiger partial charge on any atom is 0.145 e. The van der Waals surface area contributed by atoms with Crippen molar-refractivity contribution < 1.29 is 4.74 Å². The number of amidine groups is 1. The highest BCUT2D eigenvalue weighted by Crippen LogP contribution is 2.07. The van der Waals surface area contributed by atoms with Crippen LogP contribution in [0.4, 0.5) is 0 Å². The van der Waals surface area contributed by atoms with Gasteiger partial charge in [-0.3, -0.25) is 4.99 Å². The quantitative estimate of drug-likeness (QED) is 0.609. The Hall–Kier alpha value is -1.22. The van der Waals surface area contributed by atoms with Crippen molar-refractivity contribution in [2.75, 3.05) is 19.7 Å². The molecule has 0 heterocycles. The van der Waals surface area contributed by atoms with E-state index in [0.717, 1.165) is 37.5 Å². The lowest BCUT2D eigenvalue weighted by molar-refractivity contribution is 0.371. The lowest BCUT2D eigenvalue weighted by Crippen LogP contribution is -2.30. The van der Waals surface area contributed by atoms with Crippen LogP contribution in [0.5, 0.6) is 5.75 Å². The van der Waals surface area contributed by atoms with Crippen molar-refractivity contribution in [1.29, 1.82) is 0 Å². The molecule has 0 unspecified atom stereocenters. The summed E-state index contributed by atoms with van der Waals surface area (Å²) in [6, 6.07) is 9.83. The third kappa shape index (κ3) is 7.17. The summed E-state index contributed by atoms with van der Waals surface area (Å²) < 4.78 is 5.67. The molecule has 3 nitrogen and oxygen atoms in total. The Balaban J connectivity index is 0.00000289. The number of rotatable bonds is 7. The fourth-order valence-electron chi connectivity index (χ4n) is 1.34. The van der Waals surface area contributed by atoms with E-state index in [4.69, 9.17) is 4.74 Å². The summed E-state index contributed by atoms with van der Waals surface area (Å²) in [5.74, 6) is 1.83. The minimum Gasteiger partial charge on any atom is -0.486 e. The van der Waals surface area contributed by atoms with Crippen LogP contribution in [0.3, 0.4) is 0 Å². The van der Waals surface area contributed by atoms with Crippen molar-refractivity contribution in [3.8, 4) is 5.75 Å². The number of para-hydroxylation sites is 1. The van der Waals surface area contributed by atoms with Crippen LogP contribution in [0, 0.1) is 0 Å². The molecule has 0 saturated carbocycles. The molecule has 102 valence electrons. The highest BCUT2D eigenvalue weighted by Gasteiger charge is 1.99. The van der Waals surface area contributed by atoms with Gasteiger partial charge in [-0.2, -0.15) is 0 Å². The van der Waals surface area contributed by atoms with E-state index >= 15 is 0 Å². The number of benzene rings is 1. The number of hydrogen-bond acceptors (Lipinski definition) is 2. The summed E-state index contributed by atoms with van der Waals surface area (Å²) in [5.41, 5.74) is 0. The van der Waals surface area contributed by atoms with E-state index in [2.05, 4.69) is 24.2 Å². The van der Waals surface area contributed by atoms with Gasteiger partial charge in [-0.05, 0) is 25.0 Å². The minimum atomic E-state index is 0. The van der Waals surface area contributed by atoms with Crippen molar-refractivity contribution in [1.82, 2.24) is 5.32 Å². The van der Waals surface area contributed by atoms with Crippen LogP contribution in [0.1, 0.15) is 26.7 Å². The lowest BCUT2D eigenvalue weighted by Gasteiger charge is -2.10. The molecular weight excluding hydrogens is 248 g/mol. The molecule has 1 aromatic carbocycles. The van der Waals surface area contributed by atoms with Crippen LogP contribution >= 0.6 is 12.4 Å². The maximum atomic E-state index is 5.67. The largest absolute Gasteiger partial charge is 0.486 e. The Kier molecular flexibility index (Phi) is 10.2. The van der Waals surface area contributed by atoms with Gasteiger partial charge in [0.1, 0.15) is 18.2 Å². The second-order valence-corrected chi connectivity index (χ2v) is 3.86. The topological polar surface area (TPSA) is 33.6 Å². The monoisotopic (exact) mass is 270 g/mol. The van der Waals surface area contributed by atoms with Gasteiger partial charge in [0, 0.05) is 13.1 Å².